The first-order chi connectivity index (χ1) is 12.5. The molecule has 0 radical (unpaired) electrons. The van der Waals surface area contributed by atoms with Gasteiger partial charge in [-0.3, -0.25) is 9.59 Å². The molecule has 138 valence electrons. The van der Waals surface area contributed by atoms with Crippen molar-refractivity contribution in [2.45, 2.75) is 20.5 Å². The van der Waals surface area contributed by atoms with Crippen molar-refractivity contribution in [2.24, 2.45) is 0 Å². The molecule has 0 aromatic heterocycles. The maximum Gasteiger partial charge on any atom is 0.254 e. The molecule has 0 aliphatic heterocycles. The smallest absolute Gasteiger partial charge is 0.254 e. The highest BCUT2D eigenvalue weighted by Gasteiger charge is 2.17. The van der Waals surface area contributed by atoms with Gasteiger partial charge in [0.05, 0.1) is 6.54 Å². The van der Waals surface area contributed by atoms with E-state index in [-0.39, 0.29) is 18.4 Å². The summed E-state index contributed by atoms with van der Waals surface area (Å²) < 4.78 is 5.73. The van der Waals surface area contributed by atoms with Crippen LogP contribution in [0.3, 0.4) is 0 Å². The maximum atomic E-state index is 12.5. The Balaban J connectivity index is 1.92. The fourth-order valence-electron chi connectivity index (χ4n) is 2.61. The van der Waals surface area contributed by atoms with Gasteiger partial charge in [0, 0.05) is 25.7 Å². The number of hydrogen-bond acceptors (Lipinski definition) is 3. The molecule has 2 aromatic rings. The Labute approximate surface area is 155 Å². The molecule has 5 heteroatoms. The minimum absolute atomic E-state index is 0.0475. The molecule has 0 bridgehead atoms. The van der Waals surface area contributed by atoms with Crippen molar-refractivity contribution in [3.8, 4) is 5.75 Å². The number of ether oxygens (including phenoxy) is 1. The van der Waals surface area contributed by atoms with E-state index in [2.05, 4.69) is 0 Å². The van der Waals surface area contributed by atoms with Crippen LogP contribution in [0.5, 0.6) is 5.75 Å². The topological polar surface area (TPSA) is 49.9 Å². The molecular formula is C21H26N2O3. The molecule has 0 heterocycles. The molecule has 0 saturated heterocycles. The van der Waals surface area contributed by atoms with E-state index in [0.29, 0.717) is 31.0 Å². The summed E-state index contributed by atoms with van der Waals surface area (Å²) in [5.41, 5.74) is 1.62. The van der Waals surface area contributed by atoms with Crippen LogP contribution in [0, 0.1) is 0 Å². The number of carbonyl (C=O) groups is 2. The molecule has 2 aromatic carbocycles. The first kappa shape index (κ1) is 19.5. The first-order valence-electron chi connectivity index (χ1n) is 8.85. The number of nitrogens with zero attached hydrogens (tertiary/aromatic N) is 2. The van der Waals surface area contributed by atoms with Gasteiger partial charge in [-0.25, -0.2) is 0 Å². The van der Waals surface area contributed by atoms with Gasteiger partial charge in [0.2, 0.25) is 5.91 Å². The van der Waals surface area contributed by atoms with Gasteiger partial charge >= 0.3 is 0 Å². The van der Waals surface area contributed by atoms with Gasteiger partial charge in [-0.05, 0) is 43.7 Å². The van der Waals surface area contributed by atoms with E-state index < -0.39 is 0 Å². The lowest BCUT2D eigenvalue weighted by Crippen LogP contribution is -2.41. The quantitative estimate of drug-likeness (QED) is 0.731. The monoisotopic (exact) mass is 354 g/mol. The van der Waals surface area contributed by atoms with Gasteiger partial charge < -0.3 is 14.5 Å². The summed E-state index contributed by atoms with van der Waals surface area (Å²) in [6.07, 6.45) is 0. The zero-order chi connectivity index (χ0) is 18.9. The number of benzene rings is 2. The van der Waals surface area contributed by atoms with Crippen LogP contribution in [0.25, 0.3) is 0 Å². The molecule has 0 aliphatic carbocycles. The number of likely N-dealkylation sites (N-methyl/N-ethyl adjacent to an activating group) is 2. The number of hydrogen-bond donors (Lipinski definition) is 0. The largest absolute Gasteiger partial charge is 0.489 e. The lowest BCUT2D eigenvalue weighted by Gasteiger charge is -2.23. The molecule has 0 N–H and O–H groups in total. The third kappa shape index (κ3) is 5.34. The molecule has 0 fully saturated rings. The standard InChI is InChI=1S/C21H26N2O3/c1-4-23(5-2)20(24)15-22(3)21(25)18-11-13-19(14-12-18)26-16-17-9-7-6-8-10-17/h6-14H,4-5,15-16H2,1-3H3. The highest BCUT2D eigenvalue weighted by atomic mass is 16.5. The van der Waals surface area contributed by atoms with Crippen molar-refractivity contribution in [1.29, 1.82) is 0 Å². The Morgan fingerprint density at radius 3 is 2.12 bits per heavy atom. The average Bonchev–Trinajstić information content (AvgIpc) is 2.68. The van der Waals surface area contributed by atoms with Gasteiger partial charge in [0.15, 0.2) is 0 Å². The second-order valence-electron chi connectivity index (χ2n) is 6.03. The molecule has 0 atom stereocenters. The molecule has 26 heavy (non-hydrogen) atoms. The van der Waals surface area contributed by atoms with Gasteiger partial charge in [-0.1, -0.05) is 30.3 Å². The van der Waals surface area contributed by atoms with Crippen LogP contribution in [0.4, 0.5) is 0 Å². The molecule has 5 nitrogen and oxygen atoms in total. The van der Waals surface area contributed by atoms with Crippen LogP contribution in [0.2, 0.25) is 0 Å². The molecule has 0 unspecified atom stereocenters. The van der Waals surface area contributed by atoms with Crippen molar-refractivity contribution in [2.75, 3.05) is 26.7 Å². The van der Waals surface area contributed by atoms with Gasteiger partial charge in [-0.2, -0.15) is 0 Å². The summed E-state index contributed by atoms with van der Waals surface area (Å²) in [7, 11) is 1.64. The van der Waals surface area contributed by atoms with Crippen LogP contribution in [0.15, 0.2) is 54.6 Å². The maximum absolute atomic E-state index is 12.5. The van der Waals surface area contributed by atoms with Gasteiger partial charge in [-0.15, -0.1) is 0 Å². The lowest BCUT2D eigenvalue weighted by molar-refractivity contribution is -0.131. The van der Waals surface area contributed by atoms with Gasteiger partial charge in [0.1, 0.15) is 12.4 Å². The normalized spacial score (nSPS) is 10.3. The van der Waals surface area contributed by atoms with Crippen LogP contribution in [0.1, 0.15) is 29.8 Å². The van der Waals surface area contributed by atoms with E-state index in [9.17, 15) is 9.59 Å². The van der Waals surface area contributed by atoms with Crippen LogP contribution < -0.4 is 4.74 Å². The summed E-state index contributed by atoms with van der Waals surface area (Å²) in [6.45, 7) is 5.70. The second-order valence-corrected chi connectivity index (χ2v) is 6.03. The number of amides is 2. The van der Waals surface area contributed by atoms with Crippen molar-refractivity contribution in [1.82, 2.24) is 9.80 Å². The van der Waals surface area contributed by atoms with Crippen molar-refractivity contribution >= 4 is 11.8 Å². The Morgan fingerprint density at radius 1 is 0.923 bits per heavy atom. The van der Waals surface area contributed by atoms with Crippen molar-refractivity contribution in [3.63, 3.8) is 0 Å². The van der Waals surface area contributed by atoms with E-state index in [0.717, 1.165) is 5.56 Å². The van der Waals surface area contributed by atoms with E-state index in [1.807, 2.05) is 44.2 Å². The minimum Gasteiger partial charge on any atom is -0.489 e. The summed E-state index contributed by atoms with van der Waals surface area (Å²) in [5, 5.41) is 0. The SMILES string of the molecule is CCN(CC)C(=O)CN(C)C(=O)c1ccc(OCc2ccccc2)cc1. The van der Waals surface area contributed by atoms with E-state index in [4.69, 9.17) is 4.74 Å². The molecule has 0 aliphatic rings. The zero-order valence-electron chi connectivity index (χ0n) is 15.6. The summed E-state index contributed by atoms with van der Waals surface area (Å²) >= 11 is 0. The number of carbonyl (C=O) groups excluding carboxylic acids is 2. The lowest BCUT2D eigenvalue weighted by atomic mass is 10.2. The number of rotatable bonds is 8. The van der Waals surface area contributed by atoms with E-state index in [1.165, 1.54) is 4.90 Å². The Kier molecular flexibility index (Phi) is 7.21. The molecule has 0 saturated carbocycles. The fourth-order valence-corrected chi connectivity index (χ4v) is 2.61. The summed E-state index contributed by atoms with van der Waals surface area (Å²) in [6, 6.07) is 16.9. The van der Waals surface area contributed by atoms with Crippen LogP contribution >= 0.6 is 0 Å². The highest BCUT2D eigenvalue weighted by molar-refractivity contribution is 5.96. The van der Waals surface area contributed by atoms with Gasteiger partial charge in [0.25, 0.3) is 5.91 Å². The molecule has 0 spiro atoms. The Hall–Kier alpha value is -2.82. The molecular weight excluding hydrogens is 328 g/mol. The average molecular weight is 354 g/mol. The third-order valence-electron chi connectivity index (χ3n) is 4.18. The summed E-state index contributed by atoms with van der Waals surface area (Å²) in [4.78, 5) is 27.8. The van der Waals surface area contributed by atoms with Crippen molar-refractivity contribution < 1.29 is 14.3 Å². The van der Waals surface area contributed by atoms with Crippen LogP contribution in [-0.4, -0.2) is 48.3 Å². The minimum atomic E-state index is -0.180. The Morgan fingerprint density at radius 2 is 1.54 bits per heavy atom. The van der Waals surface area contributed by atoms with E-state index in [1.54, 1.807) is 36.2 Å². The zero-order valence-corrected chi connectivity index (χ0v) is 15.6. The third-order valence-corrected chi connectivity index (χ3v) is 4.18. The van der Waals surface area contributed by atoms with Crippen molar-refractivity contribution in [3.05, 3.63) is 65.7 Å². The van der Waals surface area contributed by atoms with Crippen LogP contribution in [-0.2, 0) is 11.4 Å². The second kappa shape index (κ2) is 9.61. The first-order valence-corrected chi connectivity index (χ1v) is 8.85. The summed E-state index contributed by atoms with van der Waals surface area (Å²) in [5.74, 6) is 0.473. The predicted octanol–water partition coefficient (Wildman–Crippen LogP) is 3.21. The highest BCUT2D eigenvalue weighted by Crippen LogP contribution is 2.15. The fraction of sp³-hybridized carbons (Fsp3) is 0.333. The Bertz CT molecular complexity index is 710. The predicted molar refractivity (Wildman–Crippen MR) is 102 cm³/mol. The molecule has 2 amide bonds. The van der Waals surface area contributed by atoms with E-state index >= 15 is 0 Å². The molecule has 2 rings (SSSR count).